The monoisotopic (exact) mass is 328 g/mol. The number of carbonyl (C=O) groups excluding carboxylic acids is 2. The van der Waals surface area contributed by atoms with E-state index in [1.165, 1.54) is 0 Å². The lowest BCUT2D eigenvalue weighted by Gasteiger charge is -2.48. The zero-order chi connectivity index (χ0) is 17.2. The number of hydrogen-bond donors (Lipinski definition) is 1. The van der Waals surface area contributed by atoms with Crippen LogP contribution in [0.1, 0.15) is 35.7 Å². The van der Waals surface area contributed by atoms with Gasteiger partial charge in [0.05, 0.1) is 23.4 Å². The van der Waals surface area contributed by atoms with Gasteiger partial charge in [0.1, 0.15) is 0 Å². The predicted molar refractivity (Wildman–Crippen MR) is 85.5 cm³/mol. The number of ketones is 1. The van der Waals surface area contributed by atoms with E-state index in [2.05, 4.69) is 0 Å². The Bertz CT molecular complexity index is 752. The van der Waals surface area contributed by atoms with Crippen LogP contribution in [0.4, 0.5) is 0 Å². The van der Waals surface area contributed by atoms with Crippen LogP contribution < -0.4 is 0 Å². The van der Waals surface area contributed by atoms with Gasteiger partial charge in [-0.05, 0) is 32.4 Å². The van der Waals surface area contributed by atoms with Gasteiger partial charge in [-0.25, -0.2) is 4.79 Å². The molecule has 5 heteroatoms. The zero-order valence-corrected chi connectivity index (χ0v) is 13.7. The summed E-state index contributed by atoms with van der Waals surface area (Å²) in [6, 6.07) is 7.03. The minimum atomic E-state index is -1.31. The van der Waals surface area contributed by atoms with E-state index >= 15 is 0 Å². The number of ether oxygens (including phenoxy) is 2. The van der Waals surface area contributed by atoms with Gasteiger partial charge in [0.25, 0.3) is 0 Å². The van der Waals surface area contributed by atoms with Crippen LogP contribution in [0.25, 0.3) is 0 Å². The molecule has 2 aliphatic carbocycles. The van der Waals surface area contributed by atoms with Gasteiger partial charge in [-0.2, -0.15) is 0 Å². The van der Waals surface area contributed by atoms with Gasteiger partial charge >= 0.3 is 5.97 Å². The van der Waals surface area contributed by atoms with Crippen molar-refractivity contribution in [2.24, 2.45) is 5.92 Å². The summed E-state index contributed by atoms with van der Waals surface area (Å²) in [4.78, 5) is 25.4. The Kier molecular flexibility index (Phi) is 3.09. The van der Waals surface area contributed by atoms with Crippen molar-refractivity contribution in [1.82, 2.24) is 0 Å². The number of benzene rings is 1. The SMILES string of the molecule is Cc1ccc(C(=O)O[C@@]23CO[C@@]4(C)C=C[C@](O)(CC2=O)C[C@H]34)cc1. The molecule has 0 spiro atoms. The first-order valence-corrected chi connectivity index (χ1v) is 8.16. The number of aryl methyl sites for hydroxylation is 1. The van der Waals surface area contributed by atoms with Crippen molar-refractivity contribution in [3.8, 4) is 0 Å². The van der Waals surface area contributed by atoms with Crippen molar-refractivity contribution in [3.63, 3.8) is 0 Å². The first kappa shape index (κ1) is 15.5. The molecule has 1 saturated heterocycles. The Labute approximate surface area is 140 Å². The smallest absolute Gasteiger partial charge is 0.339 e. The van der Waals surface area contributed by atoms with Gasteiger partial charge in [0.15, 0.2) is 11.4 Å². The van der Waals surface area contributed by atoms with Crippen LogP contribution in [-0.4, -0.2) is 40.3 Å². The summed E-state index contributed by atoms with van der Waals surface area (Å²) in [5.74, 6) is -1.18. The highest BCUT2D eigenvalue weighted by Gasteiger charge is 2.68. The third-order valence-electron chi connectivity index (χ3n) is 5.64. The molecule has 126 valence electrons. The van der Waals surface area contributed by atoms with Crippen LogP contribution in [0, 0.1) is 12.8 Å². The lowest BCUT2D eigenvalue weighted by Crippen LogP contribution is -2.61. The van der Waals surface area contributed by atoms with Gasteiger partial charge in [-0.1, -0.05) is 29.8 Å². The summed E-state index contributed by atoms with van der Waals surface area (Å²) < 4.78 is 11.6. The summed E-state index contributed by atoms with van der Waals surface area (Å²) in [6.07, 6.45) is 3.75. The zero-order valence-electron chi connectivity index (χ0n) is 13.7. The van der Waals surface area contributed by atoms with Gasteiger partial charge in [0.2, 0.25) is 0 Å². The molecule has 24 heavy (non-hydrogen) atoms. The van der Waals surface area contributed by atoms with Gasteiger partial charge in [-0.3, -0.25) is 4.79 Å². The van der Waals surface area contributed by atoms with E-state index < -0.39 is 22.8 Å². The molecule has 1 aromatic rings. The first-order valence-electron chi connectivity index (χ1n) is 8.16. The van der Waals surface area contributed by atoms with E-state index in [0.717, 1.165) is 5.56 Å². The number of aliphatic hydroxyl groups is 1. The molecule has 1 heterocycles. The van der Waals surface area contributed by atoms with Crippen LogP contribution in [-0.2, 0) is 14.3 Å². The van der Waals surface area contributed by atoms with Crippen LogP contribution >= 0.6 is 0 Å². The van der Waals surface area contributed by atoms with Crippen molar-refractivity contribution in [1.29, 1.82) is 0 Å². The number of esters is 1. The number of hydrogen-bond acceptors (Lipinski definition) is 5. The Hall–Kier alpha value is -1.98. The minimum Gasteiger partial charge on any atom is -0.445 e. The van der Waals surface area contributed by atoms with Crippen LogP contribution in [0.5, 0.6) is 0 Å². The highest BCUT2D eigenvalue weighted by Crippen LogP contribution is 2.54. The number of rotatable bonds is 2. The highest BCUT2D eigenvalue weighted by atomic mass is 16.6. The topological polar surface area (TPSA) is 72.8 Å². The van der Waals surface area contributed by atoms with Crippen molar-refractivity contribution in [2.45, 2.75) is 43.5 Å². The lowest BCUT2D eigenvalue weighted by molar-refractivity contribution is -0.157. The molecular formula is C19H20O5. The molecule has 2 bridgehead atoms. The molecule has 0 unspecified atom stereocenters. The van der Waals surface area contributed by atoms with Crippen LogP contribution in [0.15, 0.2) is 36.4 Å². The molecule has 1 saturated carbocycles. The maximum absolute atomic E-state index is 12.8. The second-order valence-electron chi connectivity index (χ2n) is 7.41. The van der Waals surface area contributed by atoms with E-state index in [1.54, 1.807) is 24.3 Å². The van der Waals surface area contributed by atoms with Gasteiger partial charge < -0.3 is 14.6 Å². The molecule has 0 amide bonds. The standard InChI is InChI=1S/C19H20O5/c1-12-3-5-13(6-4-12)16(21)24-19-11-23-17(2)7-8-18(22,9-14(17)19)10-15(19)20/h3-8,14,22H,9-11H2,1-2H3/t14-,17-,18+,19+/m0/s1. The van der Waals surface area contributed by atoms with Crippen molar-refractivity contribution >= 4 is 11.8 Å². The van der Waals surface area contributed by atoms with Gasteiger partial charge in [0, 0.05) is 12.3 Å². The Balaban J connectivity index is 1.69. The molecule has 0 aromatic heterocycles. The average molecular weight is 328 g/mol. The third-order valence-corrected chi connectivity index (χ3v) is 5.64. The molecule has 1 aliphatic heterocycles. The first-order chi connectivity index (χ1) is 11.3. The number of fused-ring (bicyclic) bond motifs is 1. The van der Waals surface area contributed by atoms with E-state index in [0.29, 0.717) is 12.0 Å². The molecule has 1 N–H and O–H groups in total. The fourth-order valence-electron chi connectivity index (χ4n) is 4.11. The Morgan fingerprint density at radius 2 is 2.00 bits per heavy atom. The van der Waals surface area contributed by atoms with Gasteiger partial charge in [-0.15, -0.1) is 0 Å². The second-order valence-corrected chi connectivity index (χ2v) is 7.41. The lowest BCUT2D eigenvalue weighted by atomic mass is 9.61. The maximum Gasteiger partial charge on any atom is 0.339 e. The maximum atomic E-state index is 12.8. The highest BCUT2D eigenvalue weighted by molar-refractivity contribution is 5.97. The largest absolute Gasteiger partial charge is 0.445 e. The summed E-state index contributed by atoms with van der Waals surface area (Å²) in [5.41, 5.74) is -1.72. The summed E-state index contributed by atoms with van der Waals surface area (Å²) >= 11 is 0. The minimum absolute atomic E-state index is 0.0328. The van der Waals surface area contributed by atoms with Crippen molar-refractivity contribution < 1.29 is 24.2 Å². The number of carbonyl (C=O) groups is 2. The average Bonchev–Trinajstić information content (AvgIpc) is 2.84. The summed E-state index contributed by atoms with van der Waals surface area (Å²) in [6.45, 7) is 3.84. The van der Waals surface area contributed by atoms with E-state index in [1.807, 2.05) is 26.0 Å². The van der Waals surface area contributed by atoms with Crippen LogP contribution in [0.2, 0.25) is 0 Å². The number of Topliss-reactive ketones (excluding diaryl/α,β-unsaturated/α-hetero) is 1. The molecule has 4 atom stereocenters. The van der Waals surface area contributed by atoms with E-state index in [-0.39, 0.29) is 24.7 Å². The molecule has 3 aliphatic rings. The second kappa shape index (κ2) is 4.77. The molecule has 5 nitrogen and oxygen atoms in total. The summed E-state index contributed by atoms with van der Waals surface area (Å²) in [7, 11) is 0. The van der Waals surface area contributed by atoms with Crippen molar-refractivity contribution in [3.05, 3.63) is 47.5 Å². The Morgan fingerprint density at radius 1 is 1.29 bits per heavy atom. The summed E-state index contributed by atoms with van der Waals surface area (Å²) in [5, 5.41) is 10.5. The normalized spacial score (nSPS) is 39.8. The van der Waals surface area contributed by atoms with Crippen molar-refractivity contribution in [2.75, 3.05) is 6.61 Å². The molecule has 0 radical (unpaired) electrons. The van der Waals surface area contributed by atoms with E-state index in [9.17, 15) is 14.7 Å². The fraction of sp³-hybridized carbons (Fsp3) is 0.474. The fourth-order valence-corrected chi connectivity index (χ4v) is 4.11. The Morgan fingerprint density at radius 3 is 2.71 bits per heavy atom. The van der Waals surface area contributed by atoms with Crippen LogP contribution in [0.3, 0.4) is 0 Å². The molecular weight excluding hydrogens is 308 g/mol. The third kappa shape index (κ3) is 2.08. The van der Waals surface area contributed by atoms with E-state index in [4.69, 9.17) is 9.47 Å². The molecule has 4 rings (SSSR count). The molecule has 1 aromatic carbocycles. The molecule has 2 fully saturated rings. The quantitative estimate of drug-likeness (QED) is 0.664. The predicted octanol–water partition coefficient (Wildman–Crippen LogP) is 1.96.